The van der Waals surface area contributed by atoms with Crippen LogP contribution in [0.15, 0.2) is 30.3 Å². The van der Waals surface area contributed by atoms with Gasteiger partial charge in [-0.25, -0.2) is 0 Å². The van der Waals surface area contributed by atoms with Crippen molar-refractivity contribution >= 4 is 0 Å². The Hall–Kier alpha value is -1.02. The van der Waals surface area contributed by atoms with E-state index in [9.17, 15) is 10.2 Å². The zero-order chi connectivity index (χ0) is 16.3. The first-order chi connectivity index (χ1) is 10.8. The van der Waals surface area contributed by atoms with Crippen LogP contribution < -0.4 is 0 Å². The van der Waals surface area contributed by atoms with E-state index in [1.807, 2.05) is 30.3 Å². The van der Waals surface area contributed by atoms with Gasteiger partial charge in [-0.1, -0.05) is 30.3 Å². The van der Waals surface area contributed by atoms with Gasteiger partial charge < -0.3 is 29.2 Å². The highest BCUT2D eigenvalue weighted by atomic mass is 16.8. The molecule has 3 aliphatic rings. The molecule has 1 aromatic rings. The average Bonchev–Trinajstić information content (AvgIpc) is 2.90. The Bertz CT molecular complexity index is 590. The van der Waals surface area contributed by atoms with Crippen molar-refractivity contribution in [2.24, 2.45) is 0 Å². The largest absolute Gasteiger partial charge is 0.384 e. The Balaban J connectivity index is 1.56. The van der Waals surface area contributed by atoms with Crippen molar-refractivity contribution in [1.29, 1.82) is 0 Å². The van der Waals surface area contributed by atoms with Gasteiger partial charge in [-0.15, -0.1) is 0 Å². The fraction of sp³-hybridized carbons (Fsp3) is 0.647. The van der Waals surface area contributed by atoms with Gasteiger partial charge in [0.05, 0.1) is 6.61 Å². The van der Waals surface area contributed by atoms with E-state index in [2.05, 4.69) is 0 Å². The van der Waals surface area contributed by atoms with Crippen molar-refractivity contribution in [1.82, 2.24) is 0 Å². The third-order valence-corrected chi connectivity index (χ3v) is 4.79. The van der Waals surface area contributed by atoms with Crippen LogP contribution in [0.5, 0.6) is 0 Å². The van der Waals surface area contributed by atoms with Crippen LogP contribution in [0.25, 0.3) is 0 Å². The third kappa shape index (κ3) is 2.59. The van der Waals surface area contributed by atoms with Crippen LogP contribution in [0.2, 0.25) is 0 Å². The summed E-state index contributed by atoms with van der Waals surface area (Å²) in [5.74, 6) is -2.27. The third-order valence-electron chi connectivity index (χ3n) is 4.79. The van der Waals surface area contributed by atoms with Crippen molar-refractivity contribution in [2.45, 2.75) is 62.4 Å². The van der Waals surface area contributed by atoms with Crippen molar-refractivity contribution in [3.63, 3.8) is 0 Å². The van der Waals surface area contributed by atoms with Gasteiger partial charge in [0.1, 0.15) is 17.8 Å². The lowest BCUT2D eigenvalue weighted by Crippen LogP contribution is -2.61. The summed E-state index contributed by atoms with van der Waals surface area (Å²) in [5.41, 5.74) is -0.392. The first-order valence-corrected chi connectivity index (χ1v) is 7.93. The van der Waals surface area contributed by atoms with Gasteiger partial charge in [-0.05, 0) is 19.4 Å². The topological polar surface area (TPSA) is 77.4 Å². The van der Waals surface area contributed by atoms with Crippen LogP contribution in [0.1, 0.15) is 25.8 Å². The Morgan fingerprint density at radius 2 is 1.87 bits per heavy atom. The van der Waals surface area contributed by atoms with E-state index in [-0.39, 0.29) is 13.0 Å². The Morgan fingerprint density at radius 3 is 2.61 bits per heavy atom. The maximum atomic E-state index is 11.2. The highest BCUT2D eigenvalue weighted by Gasteiger charge is 2.67. The minimum absolute atomic E-state index is 0.0141. The maximum Gasteiger partial charge on any atom is 0.190 e. The first-order valence-electron chi connectivity index (χ1n) is 7.93. The lowest BCUT2D eigenvalue weighted by molar-refractivity contribution is -0.313. The molecule has 3 fully saturated rings. The molecule has 0 spiro atoms. The van der Waals surface area contributed by atoms with E-state index >= 15 is 0 Å². The second kappa shape index (κ2) is 4.99. The Labute approximate surface area is 134 Å². The zero-order valence-electron chi connectivity index (χ0n) is 13.3. The molecule has 6 heteroatoms. The van der Waals surface area contributed by atoms with E-state index < -0.39 is 35.7 Å². The standard InChI is InChI=1S/C17H22O6/c1-15(2)22-13-14(23-15)21-12-9-20-16(18,10-17(12,13)19)8-11-6-4-3-5-7-11/h3-7,12-14,18-19H,8-10H2,1-2H3/t12-,13+,14-,16-,17-/m1/s1. The summed E-state index contributed by atoms with van der Waals surface area (Å²) in [6.07, 6.45) is -1.52. The molecule has 3 aliphatic heterocycles. The summed E-state index contributed by atoms with van der Waals surface area (Å²) >= 11 is 0. The molecule has 0 bridgehead atoms. The Morgan fingerprint density at radius 1 is 1.13 bits per heavy atom. The van der Waals surface area contributed by atoms with E-state index in [0.717, 1.165) is 5.56 Å². The van der Waals surface area contributed by atoms with Gasteiger partial charge in [0.25, 0.3) is 0 Å². The molecule has 1 aromatic carbocycles. The SMILES string of the molecule is CC1(C)O[C@H]2O[C@@H]3CO[C@](O)(Cc4ccccc4)C[C@]3(O)[C@H]2O1. The minimum atomic E-state index is -1.46. The summed E-state index contributed by atoms with van der Waals surface area (Å²) in [6, 6.07) is 9.57. The van der Waals surface area contributed by atoms with Crippen molar-refractivity contribution < 1.29 is 29.2 Å². The highest BCUT2D eigenvalue weighted by Crippen LogP contribution is 2.49. The fourth-order valence-corrected chi connectivity index (χ4v) is 3.78. The predicted molar refractivity (Wildman–Crippen MR) is 79.3 cm³/mol. The smallest absolute Gasteiger partial charge is 0.190 e. The van der Waals surface area contributed by atoms with Crippen LogP contribution >= 0.6 is 0 Å². The summed E-state index contributed by atoms with van der Waals surface area (Å²) in [6.45, 7) is 3.66. The molecule has 5 atom stereocenters. The molecule has 0 unspecified atom stereocenters. The molecule has 4 rings (SSSR count). The van der Waals surface area contributed by atoms with Gasteiger partial charge >= 0.3 is 0 Å². The van der Waals surface area contributed by atoms with E-state index in [1.54, 1.807) is 13.8 Å². The van der Waals surface area contributed by atoms with Crippen LogP contribution in [0.3, 0.4) is 0 Å². The van der Waals surface area contributed by atoms with E-state index in [0.29, 0.717) is 6.42 Å². The van der Waals surface area contributed by atoms with Crippen LogP contribution in [-0.4, -0.2) is 52.5 Å². The fourth-order valence-electron chi connectivity index (χ4n) is 3.78. The molecule has 23 heavy (non-hydrogen) atoms. The predicted octanol–water partition coefficient (Wildman–Crippen LogP) is 0.946. The maximum absolute atomic E-state index is 11.2. The summed E-state index contributed by atoms with van der Waals surface area (Å²) in [4.78, 5) is 0. The molecule has 0 radical (unpaired) electrons. The van der Waals surface area contributed by atoms with Gasteiger partial charge in [-0.3, -0.25) is 0 Å². The lowest BCUT2D eigenvalue weighted by Gasteiger charge is -2.44. The molecule has 3 saturated heterocycles. The molecule has 3 heterocycles. The molecule has 6 nitrogen and oxygen atoms in total. The van der Waals surface area contributed by atoms with Gasteiger partial charge in [-0.2, -0.15) is 0 Å². The molecular formula is C17H22O6. The lowest BCUT2D eigenvalue weighted by atomic mass is 9.81. The van der Waals surface area contributed by atoms with Crippen LogP contribution in [-0.2, 0) is 25.4 Å². The van der Waals surface area contributed by atoms with Gasteiger partial charge in [0.2, 0.25) is 0 Å². The van der Waals surface area contributed by atoms with Crippen LogP contribution in [0, 0.1) is 0 Å². The monoisotopic (exact) mass is 322 g/mol. The van der Waals surface area contributed by atoms with Gasteiger partial charge in [0, 0.05) is 12.8 Å². The molecule has 126 valence electrons. The normalized spacial score (nSPS) is 44.8. The number of fused-ring (bicyclic) bond motifs is 3. The van der Waals surface area contributed by atoms with Crippen molar-refractivity contribution in [3.05, 3.63) is 35.9 Å². The molecule has 0 saturated carbocycles. The number of ether oxygens (including phenoxy) is 4. The number of benzene rings is 1. The number of rotatable bonds is 2. The quantitative estimate of drug-likeness (QED) is 0.844. The van der Waals surface area contributed by atoms with E-state index in [4.69, 9.17) is 18.9 Å². The minimum Gasteiger partial charge on any atom is -0.384 e. The number of hydrogen-bond acceptors (Lipinski definition) is 6. The van der Waals surface area contributed by atoms with Gasteiger partial charge in [0.15, 0.2) is 17.9 Å². The second-order valence-corrected chi connectivity index (χ2v) is 7.14. The molecular weight excluding hydrogens is 300 g/mol. The van der Waals surface area contributed by atoms with Crippen LogP contribution in [0.4, 0.5) is 0 Å². The summed E-state index contributed by atoms with van der Waals surface area (Å²) < 4.78 is 22.9. The second-order valence-electron chi connectivity index (χ2n) is 7.14. The highest BCUT2D eigenvalue weighted by molar-refractivity contribution is 5.18. The summed E-state index contributed by atoms with van der Waals surface area (Å²) in [7, 11) is 0. The molecule has 0 aliphatic carbocycles. The molecule has 0 amide bonds. The van der Waals surface area contributed by atoms with Crippen molar-refractivity contribution in [2.75, 3.05) is 6.61 Å². The summed E-state index contributed by atoms with van der Waals surface area (Å²) in [5, 5.41) is 22.0. The average molecular weight is 322 g/mol. The number of hydrogen-bond donors (Lipinski definition) is 2. The zero-order valence-corrected chi connectivity index (χ0v) is 13.3. The first kappa shape index (κ1) is 15.5. The molecule has 0 aromatic heterocycles. The number of aliphatic hydroxyl groups is 2. The molecule has 2 N–H and O–H groups in total. The van der Waals surface area contributed by atoms with Crippen molar-refractivity contribution in [3.8, 4) is 0 Å². The Kier molecular flexibility index (Phi) is 3.36. The van der Waals surface area contributed by atoms with E-state index in [1.165, 1.54) is 0 Å².